The van der Waals surface area contributed by atoms with E-state index in [2.05, 4.69) is 24.1 Å². The van der Waals surface area contributed by atoms with Crippen LogP contribution in [0.2, 0.25) is 0 Å². The van der Waals surface area contributed by atoms with Gasteiger partial charge in [-0.05, 0) is 39.4 Å². The first-order valence-electron chi connectivity index (χ1n) is 4.79. The minimum Gasteiger partial charge on any atom is -0.315 e. The Kier molecular flexibility index (Phi) is 3.87. The second-order valence-electron chi connectivity index (χ2n) is 3.40. The van der Waals surface area contributed by atoms with Gasteiger partial charge in [-0.3, -0.25) is 4.90 Å². The van der Waals surface area contributed by atoms with E-state index in [0.29, 0.717) is 0 Å². The number of hydrogen-bond donors (Lipinski definition) is 1. The van der Waals surface area contributed by atoms with Crippen molar-refractivity contribution in [3.05, 3.63) is 0 Å². The van der Waals surface area contributed by atoms with Gasteiger partial charge in [0.25, 0.3) is 0 Å². The van der Waals surface area contributed by atoms with E-state index in [1.165, 1.54) is 25.9 Å². The second kappa shape index (κ2) is 4.73. The van der Waals surface area contributed by atoms with Gasteiger partial charge in [-0.25, -0.2) is 0 Å². The number of likely N-dealkylation sites (N-methyl/N-ethyl adjacent to an activating group) is 1. The lowest BCUT2D eigenvalue weighted by molar-refractivity contribution is 0.253. The van der Waals surface area contributed by atoms with Gasteiger partial charge in [0.2, 0.25) is 0 Å². The Morgan fingerprint density at radius 1 is 1.36 bits per heavy atom. The van der Waals surface area contributed by atoms with Crippen LogP contribution in [0.4, 0.5) is 0 Å². The Balaban J connectivity index is 2.12. The van der Waals surface area contributed by atoms with E-state index in [4.69, 9.17) is 0 Å². The standard InChI is InChI=1S/C9H20N2/c1-3-10-8-9(2)11-6-4-5-7-11/h9-10H,3-8H2,1-2H3/t9-/m1/s1. The maximum atomic E-state index is 3.38. The van der Waals surface area contributed by atoms with Gasteiger partial charge in [-0.15, -0.1) is 0 Å². The van der Waals surface area contributed by atoms with Crippen LogP contribution in [-0.2, 0) is 0 Å². The van der Waals surface area contributed by atoms with Gasteiger partial charge in [0.1, 0.15) is 0 Å². The predicted molar refractivity (Wildman–Crippen MR) is 48.8 cm³/mol. The van der Waals surface area contributed by atoms with E-state index < -0.39 is 0 Å². The van der Waals surface area contributed by atoms with Crippen LogP contribution < -0.4 is 5.32 Å². The lowest BCUT2D eigenvalue weighted by Crippen LogP contribution is -2.38. The molecule has 0 amide bonds. The molecule has 0 aromatic carbocycles. The fourth-order valence-electron chi connectivity index (χ4n) is 1.66. The molecule has 0 radical (unpaired) electrons. The van der Waals surface area contributed by atoms with E-state index in [-0.39, 0.29) is 0 Å². The molecule has 0 spiro atoms. The summed E-state index contributed by atoms with van der Waals surface area (Å²) in [7, 11) is 0. The number of likely N-dealkylation sites (tertiary alicyclic amines) is 1. The van der Waals surface area contributed by atoms with Crippen molar-refractivity contribution in [3.63, 3.8) is 0 Å². The second-order valence-corrected chi connectivity index (χ2v) is 3.40. The van der Waals surface area contributed by atoms with Gasteiger partial charge >= 0.3 is 0 Å². The number of nitrogens with one attached hydrogen (secondary N) is 1. The van der Waals surface area contributed by atoms with Gasteiger partial charge in [0.05, 0.1) is 0 Å². The van der Waals surface area contributed by atoms with Crippen molar-refractivity contribution in [2.75, 3.05) is 26.2 Å². The smallest absolute Gasteiger partial charge is 0.0192 e. The van der Waals surface area contributed by atoms with Crippen molar-refractivity contribution in [2.24, 2.45) is 0 Å². The van der Waals surface area contributed by atoms with Crippen LogP contribution in [0.3, 0.4) is 0 Å². The van der Waals surface area contributed by atoms with Crippen LogP contribution >= 0.6 is 0 Å². The van der Waals surface area contributed by atoms with E-state index >= 15 is 0 Å². The molecule has 11 heavy (non-hydrogen) atoms. The maximum Gasteiger partial charge on any atom is 0.0192 e. The highest BCUT2D eigenvalue weighted by atomic mass is 15.2. The minimum absolute atomic E-state index is 0.734. The van der Waals surface area contributed by atoms with Crippen LogP contribution in [0.25, 0.3) is 0 Å². The molecule has 0 aromatic heterocycles. The average Bonchev–Trinajstić information content (AvgIpc) is 2.52. The first-order chi connectivity index (χ1) is 5.34. The van der Waals surface area contributed by atoms with Crippen LogP contribution in [0.5, 0.6) is 0 Å². The molecule has 1 fully saturated rings. The summed E-state index contributed by atoms with van der Waals surface area (Å²) in [5.41, 5.74) is 0. The van der Waals surface area contributed by atoms with Crippen molar-refractivity contribution < 1.29 is 0 Å². The van der Waals surface area contributed by atoms with Crippen molar-refractivity contribution >= 4 is 0 Å². The highest BCUT2D eigenvalue weighted by Crippen LogP contribution is 2.10. The molecule has 1 N–H and O–H groups in total. The van der Waals surface area contributed by atoms with E-state index in [0.717, 1.165) is 19.1 Å². The Labute approximate surface area is 70.0 Å². The summed E-state index contributed by atoms with van der Waals surface area (Å²) in [6, 6.07) is 0.734. The molecule has 1 aliphatic rings. The largest absolute Gasteiger partial charge is 0.315 e. The van der Waals surface area contributed by atoms with Crippen LogP contribution in [0.1, 0.15) is 26.7 Å². The molecule has 0 bridgehead atoms. The maximum absolute atomic E-state index is 3.38. The molecule has 2 nitrogen and oxygen atoms in total. The summed E-state index contributed by atoms with van der Waals surface area (Å²) in [4.78, 5) is 2.57. The van der Waals surface area contributed by atoms with Crippen LogP contribution in [0.15, 0.2) is 0 Å². The predicted octanol–water partition coefficient (Wildman–Crippen LogP) is 1.08. The first kappa shape index (κ1) is 9.01. The molecule has 1 saturated heterocycles. The zero-order chi connectivity index (χ0) is 8.10. The lowest BCUT2D eigenvalue weighted by atomic mass is 10.3. The third kappa shape index (κ3) is 2.80. The molecular formula is C9H20N2. The Hall–Kier alpha value is -0.0800. The van der Waals surface area contributed by atoms with Crippen LogP contribution in [0, 0.1) is 0 Å². The molecule has 1 atom stereocenters. The Bertz CT molecular complexity index is 97.7. The highest BCUT2D eigenvalue weighted by molar-refractivity contribution is 4.73. The molecule has 0 aliphatic carbocycles. The number of rotatable bonds is 4. The minimum atomic E-state index is 0.734. The number of hydrogen-bond acceptors (Lipinski definition) is 2. The van der Waals surface area contributed by atoms with Crippen LogP contribution in [-0.4, -0.2) is 37.1 Å². The summed E-state index contributed by atoms with van der Waals surface area (Å²) in [5.74, 6) is 0. The summed E-state index contributed by atoms with van der Waals surface area (Å²) >= 11 is 0. The third-order valence-corrected chi connectivity index (χ3v) is 2.45. The Morgan fingerprint density at radius 2 is 2.00 bits per heavy atom. The summed E-state index contributed by atoms with van der Waals surface area (Å²) < 4.78 is 0. The SMILES string of the molecule is CCNC[C@@H](C)N1CCCC1. The van der Waals surface area contributed by atoms with Crippen molar-refractivity contribution in [1.29, 1.82) is 0 Å². The van der Waals surface area contributed by atoms with E-state index in [9.17, 15) is 0 Å². The molecule has 0 aromatic rings. The summed E-state index contributed by atoms with van der Waals surface area (Å²) in [5, 5.41) is 3.38. The quantitative estimate of drug-likeness (QED) is 0.655. The van der Waals surface area contributed by atoms with Gasteiger partial charge in [-0.2, -0.15) is 0 Å². The van der Waals surface area contributed by atoms with E-state index in [1.54, 1.807) is 0 Å². The van der Waals surface area contributed by atoms with Crippen molar-refractivity contribution in [2.45, 2.75) is 32.7 Å². The molecule has 0 saturated carbocycles. The molecule has 1 rings (SSSR count). The zero-order valence-corrected chi connectivity index (χ0v) is 7.77. The van der Waals surface area contributed by atoms with Gasteiger partial charge in [-0.1, -0.05) is 6.92 Å². The number of nitrogens with zero attached hydrogens (tertiary/aromatic N) is 1. The van der Waals surface area contributed by atoms with E-state index in [1.807, 2.05) is 0 Å². The third-order valence-electron chi connectivity index (χ3n) is 2.45. The molecule has 66 valence electrons. The molecular weight excluding hydrogens is 136 g/mol. The monoisotopic (exact) mass is 156 g/mol. The first-order valence-corrected chi connectivity index (χ1v) is 4.79. The Morgan fingerprint density at radius 3 is 2.55 bits per heavy atom. The zero-order valence-electron chi connectivity index (χ0n) is 7.77. The topological polar surface area (TPSA) is 15.3 Å². The molecule has 1 heterocycles. The molecule has 2 heteroatoms. The lowest BCUT2D eigenvalue weighted by Gasteiger charge is -2.23. The normalized spacial score (nSPS) is 22.4. The van der Waals surface area contributed by atoms with Gasteiger partial charge < -0.3 is 5.32 Å². The molecule has 1 aliphatic heterocycles. The summed E-state index contributed by atoms with van der Waals surface area (Å²) in [6.45, 7) is 9.35. The highest BCUT2D eigenvalue weighted by Gasteiger charge is 2.16. The molecule has 0 unspecified atom stereocenters. The van der Waals surface area contributed by atoms with Gasteiger partial charge in [0, 0.05) is 12.6 Å². The fourth-order valence-corrected chi connectivity index (χ4v) is 1.66. The fraction of sp³-hybridized carbons (Fsp3) is 1.00. The summed E-state index contributed by atoms with van der Waals surface area (Å²) in [6.07, 6.45) is 2.80. The van der Waals surface area contributed by atoms with Gasteiger partial charge in [0.15, 0.2) is 0 Å². The van der Waals surface area contributed by atoms with Crippen molar-refractivity contribution in [1.82, 2.24) is 10.2 Å². The average molecular weight is 156 g/mol. The van der Waals surface area contributed by atoms with Crippen molar-refractivity contribution in [3.8, 4) is 0 Å².